The van der Waals surface area contributed by atoms with Gasteiger partial charge in [0.15, 0.2) is 0 Å². The van der Waals surface area contributed by atoms with Crippen LogP contribution < -0.4 is 0 Å². The molecular formula is C12H23NO3. The van der Waals surface area contributed by atoms with Crippen LogP contribution in [0.2, 0.25) is 0 Å². The van der Waals surface area contributed by atoms with Gasteiger partial charge < -0.3 is 10.0 Å². The zero-order valence-corrected chi connectivity index (χ0v) is 10.5. The summed E-state index contributed by atoms with van der Waals surface area (Å²) in [6.07, 6.45) is 2.48. The van der Waals surface area contributed by atoms with Crippen molar-refractivity contribution in [2.24, 2.45) is 5.92 Å². The van der Waals surface area contributed by atoms with Crippen LogP contribution in [0.25, 0.3) is 0 Å². The van der Waals surface area contributed by atoms with Gasteiger partial charge in [0.05, 0.1) is 6.42 Å². The van der Waals surface area contributed by atoms with Gasteiger partial charge in [-0.15, -0.1) is 0 Å². The lowest BCUT2D eigenvalue weighted by Gasteiger charge is -2.22. The molecule has 4 nitrogen and oxygen atoms in total. The van der Waals surface area contributed by atoms with E-state index in [1.165, 1.54) is 0 Å². The summed E-state index contributed by atoms with van der Waals surface area (Å²) < 4.78 is 0. The van der Waals surface area contributed by atoms with Gasteiger partial charge in [0.2, 0.25) is 5.91 Å². The van der Waals surface area contributed by atoms with Crippen molar-refractivity contribution < 1.29 is 14.7 Å². The first kappa shape index (κ1) is 14.9. The van der Waals surface area contributed by atoms with Gasteiger partial charge in [-0.05, 0) is 12.3 Å². The second-order valence-electron chi connectivity index (χ2n) is 4.48. The Morgan fingerprint density at radius 3 is 2.31 bits per heavy atom. The van der Waals surface area contributed by atoms with E-state index in [1.54, 1.807) is 4.90 Å². The lowest BCUT2D eigenvalue weighted by Crippen LogP contribution is -2.34. The van der Waals surface area contributed by atoms with Crippen molar-refractivity contribution in [1.82, 2.24) is 4.90 Å². The van der Waals surface area contributed by atoms with Crippen molar-refractivity contribution in [2.75, 3.05) is 13.1 Å². The third kappa shape index (κ3) is 7.26. The second-order valence-corrected chi connectivity index (χ2v) is 4.48. The molecule has 1 N–H and O–H groups in total. The van der Waals surface area contributed by atoms with Gasteiger partial charge in [0.1, 0.15) is 0 Å². The molecule has 0 aromatic heterocycles. The Balaban J connectivity index is 4.17. The summed E-state index contributed by atoms with van der Waals surface area (Å²) in [6.45, 7) is 7.05. The van der Waals surface area contributed by atoms with E-state index in [-0.39, 0.29) is 12.3 Å². The molecule has 0 rings (SSSR count). The molecule has 0 aromatic rings. The third-order valence-electron chi connectivity index (χ3n) is 2.31. The predicted octanol–water partition coefficient (Wildman–Crippen LogP) is 2.14. The number of carboxylic acid groups (broad SMARTS) is 1. The number of rotatable bonds is 8. The van der Waals surface area contributed by atoms with E-state index in [4.69, 9.17) is 5.11 Å². The van der Waals surface area contributed by atoms with Gasteiger partial charge >= 0.3 is 5.97 Å². The molecule has 0 aliphatic heterocycles. The van der Waals surface area contributed by atoms with Crippen LogP contribution in [-0.2, 0) is 9.59 Å². The SMILES string of the molecule is CCCCN(CCC(=O)O)C(=O)CC(C)C. The van der Waals surface area contributed by atoms with Crippen molar-refractivity contribution >= 4 is 11.9 Å². The van der Waals surface area contributed by atoms with Gasteiger partial charge in [-0.25, -0.2) is 0 Å². The maximum atomic E-state index is 11.8. The van der Waals surface area contributed by atoms with E-state index in [0.29, 0.717) is 25.4 Å². The van der Waals surface area contributed by atoms with E-state index in [2.05, 4.69) is 6.92 Å². The van der Waals surface area contributed by atoms with Gasteiger partial charge in [0, 0.05) is 19.5 Å². The fourth-order valence-electron chi connectivity index (χ4n) is 1.42. The van der Waals surface area contributed by atoms with Crippen molar-refractivity contribution in [3.8, 4) is 0 Å². The standard InChI is InChI=1S/C12H23NO3/c1-4-5-7-13(8-6-12(15)16)11(14)9-10(2)3/h10H,4-9H2,1-3H3,(H,15,16). The molecule has 0 bridgehead atoms. The van der Waals surface area contributed by atoms with Crippen LogP contribution in [0.3, 0.4) is 0 Å². The van der Waals surface area contributed by atoms with Gasteiger partial charge in [0.25, 0.3) is 0 Å². The van der Waals surface area contributed by atoms with Crippen LogP contribution in [-0.4, -0.2) is 35.0 Å². The molecule has 16 heavy (non-hydrogen) atoms. The molecule has 0 saturated heterocycles. The van der Waals surface area contributed by atoms with Crippen molar-refractivity contribution in [1.29, 1.82) is 0 Å². The molecule has 1 amide bonds. The van der Waals surface area contributed by atoms with Crippen LogP contribution in [0.1, 0.15) is 46.5 Å². The molecule has 0 heterocycles. The molecular weight excluding hydrogens is 206 g/mol. The molecule has 0 unspecified atom stereocenters. The highest BCUT2D eigenvalue weighted by Crippen LogP contribution is 2.06. The molecule has 0 fully saturated rings. The number of unbranched alkanes of at least 4 members (excludes halogenated alkanes) is 1. The number of carboxylic acids is 1. The van der Waals surface area contributed by atoms with Crippen molar-refractivity contribution in [2.45, 2.75) is 46.5 Å². The maximum absolute atomic E-state index is 11.8. The molecule has 0 aliphatic carbocycles. The number of nitrogens with zero attached hydrogens (tertiary/aromatic N) is 1. The maximum Gasteiger partial charge on any atom is 0.305 e. The van der Waals surface area contributed by atoms with Crippen LogP contribution in [0.5, 0.6) is 0 Å². The summed E-state index contributed by atoms with van der Waals surface area (Å²) >= 11 is 0. The quantitative estimate of drug-likeness (QED) is 0.693. The largest absolute Gasteiger partial charge is 0.481 e. The number of hydrogen-bond donors (Lipinski definition) is 1. The lowest BCUT2D eigenvalue weighted by atomic mass is 10.1. The summed E-state index contributed by atoms with van der Waals surface area (Å²) in [5, 5.41) is 8.61. The molecule has 0 aromatic carbocycles. The molecule has 0 aliphatic rings. The normalized spacial score (nSPS) is 10.5. The van der Waals surface area contributed by atoms with Gasteiger partial charge in [-0.3, -0.25) is 9.59 Å². The Morgan fingerprint density at radius 1 is 1.25 bits per heavy atom. The molecule has 0 atom stereocenters. The summed E-state index contributed by atoms with van der Waals surface area (Å²) in [4.78, 5) is 24.0. The van der Waals surface area contributed by atoms with Crippen molar-refractivity contribution in [3.63, 3.8) is 0 Å². The Bertz CT molecular complexity index is 226. The first-order chi connectivity index (χ1) is 7.47. The Labute approximate surface area is 97.6 Å². The number of carbonyl (C=O) groups is 2. The molecule has 0 spiro atoms. The second kappa shape index (κ2) is 8.13. The van der Waals surface area contributed by atoms with Crippen LogP contribution in [0.15, 0.2) is 0 Å². The average Bonchev–Trinajstić information content (AvgIpc) is 2.16. The summed E-state index contributed by atoms with van der Waals surface area (Å²) in [5.41, 5.74) is 0. The molecule has 0 radical (unpaired) electrons. The summed E-state index contributed by atoms with van der Waals surface area (Å²) in [7, 11) is 0. The first-order valence-corrected chi connectivity index (χ1v) is 5.97. The number of aliphatic carboxylic acids is 1. The zero-order valence-electron chi connectivity index (χ0n) is 10.5. The monoisotopic (exact) mass is 229 g/mol. The predicted molar refractivity (Wildman–Crippen MR) is 63.2 cm³/mol. The van der Waals surface area contributed by atoms with Crippen LogP contribution >= 0.6 is 0 Å². The fourth-order valence-corrected chi connectivity index (χ4v) is 1.42. The molecule has 4 heteroatoms. The highest BCUT2D eigenvalue weighted by atomic mass is 16.4. The Morgan fingerprint density at radius 2 is 1.88 bits per heavy atom. The third-order valence-corrected chi connectivity index (χ3v) is 2.31. The highest BCUT2D eigenvalue weighted by molar-refractivity contribution is 5.77. The van der Waals surface area contributed by atoms with Crippen LogP contribution in [0.4, 0.5) is 0 Å². The first-order valence-electron chi connectivity index (χ1n) is 5.97. The number of amides is 1. The van der Waals surface area contributed by atoms with Gasteiger partial charge in [-0.1, -0.05) is 27.2 Å². The zero-order chi connectivity index (χ0) is 12.6. The molecule has 0 saturated carbocycles. The summed E-state index contributed by atoms with van der Waals surface area (Å²) in [6, 6.07) is 0. The molecule has 94 valence electrons. The minimum absolute atomic E-state index is 0.0353. The van der Waals surface area contributed by atoms with E-state index < -0.39 is 5.97 Å². The smallest absolute Gasteiger partial charge is 0.305 e. The lowest BCUT2D eigenvalue weighted by molar-refractivity contribution is -0.138. The fraction of sp³-hybridized carbons (Fsp3) is 0.833. The minimum Gasteiger partial charge on any atom is -0.481 e. The Hall–Kier alpha value is -1.06. The Kier molecular flexibility index (Phi) is 7.60. The number of hydrogen-bond acceptors (Lipinski definition) is 2. The topological polar surface area (TPSA) is 57.6 Å². The number of carbonyl (C=O) groups excluding carboxylic acids is 1. The van der Waals surface area contributed by atoms with E-state index >= 15 is 0 Å². The average molecular weight is 229 g/mol. The van der Waals surface area contributed by atoms with Gasteiger partial charge in [-0.2, -0.15) is 0 Å². The van der Waals surface area contributed by atoms with E-state index in [0.717, 1.165) is 12.8 Å². The minimum atomic E-state index is -0.848. The van der Waals surface area contributed by atoms with E-state index in [1.807, 2.05) is 13.8 Å². The van der Waals surface area contributed by atoms with E-state index in [9.17, 15) is 9.59 Å². The highest BCUT2D eigenvalue weighted by Gasteiger charge is 2.15. The van der Waals surface area contributed by atoms with Crippen LogP contribution in [0, 0.1) is 5.92 Å². The summed E-state index contributed by atoms with van der Waals surface area (Å²) in [5.74, 6) is -0.454. The van der Waals surface area contributed by atoms with Crippen molar-refractivity contribution in [3.05, 3.63) is 0 Å².